The molecule has 154 valence electrons. The van der Waals surface area contributed by atoms with Crippen LogP contribution < -0.4 is 19.9 Å². The number of piperazine rings is 1. The second-order valence-corrected chi connectivity index (χ2v) is 6.71. The SMILES string of the molecule is CCOc1ccc(C(=O)Nc2cnc(N3CCN(c4ccccn4)CC3)nc2)cn1. The molecule has 3 aromatic rings. The van der Waals surface area contributed by atoms with Crippen molar-refractivity contribution in [3.8, 4) is 5.88 Å². The zero-order chi connectivity index (χ0) is 20.8. The second-order valence-electron chi connectivity index (χ2n) is 6.71. The van der Waals surface area contributed by atoms with Gasteiger partial charge in [-0.3, -0.25) is 4.79 Å². The molecule has 0 bridgehead atoms. The molecular formula is C21H23N7O2. The van der Waals surface area contributed by atoms with E-state index in [0.717, 1.165) is 32.0 Å². The predicted octanol–water partition coefficient (Wildman–Crippen LogP) is 2.24. The summed E-state index contributed by atoms with van der Waals surface area (Å²) in [5.74, 6) is 1.85. The van der Waals surface area contributed by atoms with Gasteiger partial charge >= 0.3 is 0 Å². The van der Waals surface area contributed by atoms with Gasteiger partial charge in [-0.2, -0.15) is 0 Å². The zero-order valence-electron chi connectivity index (χ0n) is 16.7. The van der Waals surface area contributed by atoms with Crippen LogP contribution >= 0.6 is 0 Å². The molecule has 4 rings (SSSR count). The van der Waals surface area contributed by atoms with Gasteiger partial charge in [0.2, 0.25) is 11.8 Å². The minimum atomic E-state index is -0.272. The lowest BCUT2D eigenvalue weighted by Gasteiger charge is -2.35. The standard InChI is InChI=1S/C21H23N7O2/c1-2-30-19-7-6-16(13-23-19)20(29)26-17-14-24-21(25-15-17)28-11-9-27(10-12-28)18-5-3-4-8-22-18/h3-8,13-15H,2,9-12H2,1H3,(H,26,29). The van der Waals surface area contributed by atoms with E-state index in [1.807, 2.05) is 25.1 Å². The minimum absolute atomic E-state index is 0.272. The van der Waals surface area contributed by atoms with Crippen molar-refractivity contribution in [3.63, 3.8) is 0 Å². The fourth-order valence-electron chi connectivity index (χ4n) is 3.18. The first-order valence-corrected chi connectivity index (χ1v) is 9.86. The Labute approximate surface area is 174 Å². The normalized spacial score (nSPS) is 13.8. The predicted molar refractivity (Wildman–Crippen MR) is 114 cm³/mol. The fourth-order valence-corrected chi connectivity index (χ4v) is 3.18. The van der Waals surface area contributed by atoms with Crippen molar-refractivity contribution in [2.45, 2.75) is 6.92 Å². The highest BCUT2D eigenvalue weighted by Crippen LogP contribution is 2.17. The number of carbonyl (C=O) groups is 1. The molecule has 9 nitrogen and oxygen atoms in total. The Balaban J connectivity index is 1.32. The lowest BCUT2D eigenvalue weighted by atomic mass is 10.2. The van der Waals surface area contributed by atoms with Gasteiger partial charge in [0.1, 0.15) is 5.82 Å². The van der Waals surface area contributed by atoms with Crippen LogP contribution in [0.3, 0.4) is 0 Å². The van der Waals surface area contributed by atoms with Crippen LogP contribution in [0.1, 0.15) is 17.3 Å². The van der Waals surface area contributed by atoms with E-state index in [4.69, 9.17) is 4.74 Å². The van der Waals surface area contributed by atoms with E-state index in [-0.39, 0.29) is 5.91 Å². The van der Waals surface area contributed by atoms with E-state index in [1.165, 1.54) is 6.20 Å². The Hall–Kier alpha value is -3.75. The van der Waals surface area contributed by atoms with E-state index in [2.05, 4.69) is 35.1 Å². The van der Waals surface area contributed by atoms with Crippen LogP contribution in [-0.2, 0) is 0 Å². The third-order valence-corrected chi connectivity index (χ3v) is 4.72. The smallest absolute Gasteiger partial charge is 0.257 e. The summed E-state index contributed by atoms with van der Waals surface area (Å²) in [5, 5.41) is 2.79. The molecule has 1 fully saturated rings. The number of rotatable bonds is 6. The maximum atomic E-state index is 12.4. The van der Waals surface area contributed by atoms with Gasteiger partial charge in [0, 0.05) is 44.6 Å². The molecule has 0 saturated carbocycles. The van der Waals surface area contributed by atoms with E-state index >= 15 is 0 Å². The summed E-state index contributed by atoms with van der Waals surface area (Å²) in [6.07, 6.45) is 6.53. The molecule has 30 heavy (non-hydrogen) atoms. The lowest BCUT2D eigenvalue weighted by molar-refractivity contribution is 0.102. The number of hydrogen-bond donors (Lipinski definition) is 1. The molecule has 1 N–H and O–H groups in total. The number of anilines is 3. The molecule has 9 heteroatoms. The number of nitrogens with zero attached hydrogens (tertiary/aromatic N) is 6. The highest BCUT2D eigenvalue weighted by atomic mass is 16.5. The summed E-state index contributed by atoms with van der Waals surface area (Å²) < 4.78 is 5.29. The highest BCUT2D eigenvalue weighted by Gasteiger charge is 2.20. The van der Waals surface area contributed by atoms with E-state index in [0.29, 0.717) is 29.7 Å². The summed E-state index contributed by atoms with van der Waals surface area (Å²) in [6, 6.07) is 9.27. The number of ether oxygens (including phenoxy) is 1. The van der Waals surface area contributed by atoms with Crippen molar-refractivity contribution < 1.29 is 9.53 Å². The maximum absolute atomic E-state index is 12.4. The fraction of sp³-hybridized carbons (Fsp3) is 0.286. The molecule has 0 atom stereocenters. The van der Waals surface area contributed by atoms with E-state index < -0.39 is 0 Å². The van der Waals surface area contributed by atoms with Gasteiger partial charge in [0.05, 0.1) is 30.3 Å². The number of hydrogen-bond acceptors (Lipinski definition) is 8. The van der Waals surface area contributed by atoms with E-state index in [1.54, 1.807) is 30.7 Å². The maximum Gasteiger partial charge on any atom is 0.257 e. The second kappa shape index (κ2) is 9.17. The van der Waals surface area contributed by atoms with Crippen molar-refractivity contribution in [1.29, 1.82) is 0 Å². The molecule has 1 aliphatic rings. The van der Waals surface area contributed by atoms with Gasteiger partial charge < -0.3 is 19.9 Å². The summed E-state index contributed by atoms with van der Waals surface area (Å²) >= 11 is 0. The Morgan fingerprint density at radius 2 is 1.73 bits per heavy atom. The molecule has 1 aliphatic heterocycles. The summed E-state index contributed by atoms with van der Waals surface area (Å²) in [5.41, 5.74) is 0.970. The topological polar surface area (TPSA) is 96.4 Å². The molecule has 1 amide bonds. The third-order valence-electron chi connectivity index (χ3n) is 4.72. The van der Waals surface area contributed by atoms with Gasteiger partial charge in [0.15, 0.2) is 0 Å². The van der Waals surface area contributed by atoms with Crippen LogP contribution in [-0.4, -0.2) is 58.6 Å². The molecule has 0 spiro atoms. The number of carbonyl (C=O) groups excluding carboxylic acids is 1. The van der Waals surface area contributed by atoms with Crippen molar-refractivity contribution in [2.75, 3.05) is 47.9 Å². The highest BCUT2D eigenvalue weighted by molar-refractivity contribution is 6.03. The van der Waals surface area contributed by atoms with Crippen LogP contribution in [0.2, 0.25) is 0 Å². The molecule has 0 radical (unpaired) electrons. The Kier molecular flexibility index (Phi) is 5.98. The molecule has 0 aliphatic carbocycles. The van der Waals surface area contributed by atoms with E-state index in [9.17, 15) is 4.79 Å². The van der Waals surface area contributed by atoms with Gasteiger partial charge in [0.25, 0.3) is 5.91 Å². The summed E-state index contributed by atoms with van der Waals surface area (Å²) in [6.45, 7) is 5.72. The van der Waals surface area contributed by atoms with Crippen LogP contribution in [0, 0.1) is 0 Å². The Morgan fingerprint density at radius 3 is 2.37 bits per heavy atom. The molecule has 0 aromatic carbocycles. The largest absolute Gasteiger partial charge is 0.478 e. The first-order chi connectivity index (χ1) is 14.7. The van der Waals surface area contributed by atoms with Gasteiger partial charge in [-0.25, -0.2) is 19.9 Å². The lowest BCUT2D eigenvalue weighted by Crippen LogP contribution is -2.47. The van der Waals surface area contributed by atoms with Crippen molar-refractivity contribution in [2.24, 2.45) is 0 Å². The summed E-state index contributed by atoms with van der Waals surface area (Å²) in [7, 11) is 0. The Bertz CT molecular complexity index is 957. The molecule has 3 aromatic heterocycles. The van der Waals surface area contributed by atoms with Crippen LogP contribution in [0.4, 0.5) is 17.5 Å². The monoisotopic (exact) mass is 405 g/mol. The first kappa shape index (κ1) is 19.6. The van der Waals surface area contributed by atoms with Crippen molar-refractivity contribution >= 4 is 23.4 Å². The van der Waals surface area contributed by atoms with Gasteiger partial charge in [-0.15, -0.1) is 0 Å². The molecular weight excluding hydrogens is 382 g/mol. The zero-order valence-corrected chi connectivity index (χ0v) is 16.7. The third kappa shape index (κ3) is 4.62. The first-order valence-electron chi connectivity index (χ1n) is 9.86. The van der Waals surface area contributed by atoms with Crippen molar-refractivity contribution in [1.82, 2.24) is 19.9 Å². The number of aromatic nitrogens is 4. The quantitative estimate of drug-likeness (QED) is 0.667. The average Bonchev–Trinajstić information content (AvgIpc) is 2.81. The van der Waals surface area contributed by atoms with Crippen molar-refractivity contribution in [3.05, 3.63) is 60.7 Å². The van der Waals surface area contributed by atoms with Gasteiger partial charge in [-0.1, -0.05) is 6.07 Å². The number of nitrogens with one attached hydrogen (secondary N) is 1. The minimum Gasteiger partial charge on any atom is -0.478 e. The van der Waals surface area contributed by atoms with Gasteiger partial charge in [-0.05, 0) is 25.1 Å². The molecule has 1 saturated heterocycles. The number of amides is 1. The summed E-state index contributed by atoms with van der Waals surface area (Å²) in [4.78, 5) is 34.1. The van der Waals surface area contributed by atoms with Crippen LogP contribution in [0.25, 0.3) is 0 Å². The Morgan fingerprint density at radius 1 is 0.967 bits per heavy atom. The van der Waals surface area contributed by atoms with Crippen LogP contribution in [0.15, 0.2) is 55.1 Å². The average molecular weight is 405 g/mol. The van der Waals surface area contributed by atoms with Crippen LogP contribution in [0.5, 0.6) is 5.88 Å². The molecule has 4 heterocycles. The number of pyridine rings is 2. The molecule has 0 unspecified atom stereocenters.